The number of rotatable bonds is 2. The zero-order valence-electron chi connectivity index (χ0n) is 8.53. The average Bonchev–Trinajstić information content (AvgIpc) is 2.14. The number of halogens is 2. The molecule has 1 aliphatic carbocycles. The van der Waals surface area contributed by atoms with E-state index in [0.29, 0.717) is 6.42 Å². The highest BCUT2D eigenvalue weighted by Gasteiger charge is 2.59. The Balaban J connectivity index is 2.07. The quantitative estimate of drug-likeness (QED) is 0.737. The first-order valence-corrected chi connectivity index (χ1v) is 5.08. The number of aliphatic carboxylic acids is 1. The van der Waals surface area contributed by atoms with Crippen LogP contribution in [0.4, 0.5) is 8.78 Å². The van der Waals surface area contributed by atoms with E-state index in [0.717, 1.165) is 5.01 Å². The van der Waals surface area contributed by atoms with Gasteiger partial charge in [-0.05, 0) is 18.3 Å². The predicted octanol–water partition coefficient (Wildman–Crippen LogP) is 1.63. The predicted molar refractivity (Wildman–Crippen MR) is 49.8 cm³/mol. The summed E-state index contributed by atoms with van der Waals surface area (Å²) in [4.78, 5) is 21.3. The van der Waals surface area contributed by atoms with Crippen LogP contribution in [0, 0.1) is 10.3 Å². The number of hydrogen-bond donors (Lipinski definition) is 1. The Hall–Kier alpha value is -1.27. The van der Waals surface area contributed by atoms with Gasteiger partial charge in [0.2, 0.25) is 5.92 Å². The van der Waals surface area contributed by atoms with Crippen molar-refractivity contribution >= 4 is 5.97 Å². The van der Waals surface area contributed by atoms with Crippen molar-refractivity contribution in [3.05, 3.63) is 4.91 Å². The molecule has 1 saturated heterocycles. The van der Waals surface area contributed by atoms with Gasteiger partial charge in [0.05, 0.1) is 5.29 Å². The van der Waals surface area contributed by atoms with Gasteiger partial charge >= 0.3 is 5.97 Å². The lowest BCUT2D eigenvalue weighted by Crippen LogP contribution is -2.56. The third-order valence-corrected chi connectivity index (χ3v) is 3.51. The van der Waals surface area contributed by atoms with E-state index in [-0.39, 0.29) is 25.8 Å². The number of hydrogen-bond acceptors (Lipinski definition) is 3. The van der Waals surface area contributed by atoms with Crippen LogP contribution >= 0.6 is 0 Å². The van der Waals surface area contributed by atoms with Gasteiger partial charge in [-0.3, -0.25) is 0 Å². The molecule has 0 bridgehead atoms. The molecule has 1 spiro atoms. The Kier molecular flexibility index (Phi) is 2.36. The second-order valence-electron chi connectivity index (χ2n) is 4.76. The van der Waals surface area contributed by atoms with Crippen molar-refractivity contribution < 1.29 is 18.7 Å². The fourth-order valence-corrected chi connectivity index (χ4v) is 2.80. The maximum absolute atomic E-state index is 12.8. The molecule has 1 saturated carbocycles. The average molecular weight is 234 g/mol. The minimum Gasteiger partial charge on any atom is -0.480 e. The van der Waals surface area contributed by atoms with Crippen LogP contribution in [0.3, 0.4) is 0 Å². The fraction of sp³-hybridized carbons (Fsp3) is 0.889. The minimum absolute atomic E-state index is 0.0870. The Morgan fingerprint density at radius 2 is 2.06 bits per heavy atom. The van der Waals surface area contributed by atoms with Crippen LogP contribution < -0.4 is 0 Å². The van der Waals surface area contributed by atoms with Gasteiger partial charge in [-0.2, -0.15) is 0 Å². The number of nitrogens with zero attached hydrogens (tertiary/aromatic N) is 2. The van der Waals surface area contributed by atoms with E-state index in [1.54, 1.807) is 0 Å². The van der Waals surface area contributed by atoms with Gasteiger partial charge in [-0.15, -0.1) is 4.91 Å². The summed E-state index contributed by atoms with van der Waals surface area (Å²) in [6.07, 6.45) is -0.0330. The molecule has 7 heteroatoms. The van der Waals surface area contributed by atoms with Gasteiger partial charge in [-0.25, -0.2) is 18.6 Å². The molecule has 1 atom stereocenters. The Labute approximate surface area is 90.4 Å². The molecule has 1 heterocycles. The number of alkyl halides is 2. The zero-order valence-corrected chi connectivity index (χ0v) is 8.53. The maximum Gasteiger partial charge on any atom is 0.328 e. The lowest BCUT2D eigenvalue weighted by molar-refractivity contribution is -0.191. The SMILES string of the molecule is O=NN1CCC2(CC1C(=O)O)CC(F)(F)C2. The lowest BCUT2D eigenvalue weighted by atomic mass is 9.59. The molecule has 2 aliphatic rings. The largest absolute Gasteiger partial charge is 0.480 e. The molecule has 0 aromatic heterocycles. The monoisotopic (exact) mass is 234 g/mol. The molecule has 1 N–H and O–H groups in total. The number of carboxylic acids is 1. The molecule has 0 aromatic rings. The van der Waals surface area contributed by atoms with Crippen molar-refractivity contribution in [3.8, 4) is 0 Å². The minimum atomic E-state index is -2.67. The van der Waals surface area contributed by atoms with Gasteiger partial charge in [0.15, 0.2) is 0 Å². The summed E-state index contributed by atoms with van der Waals surface area (Å²) in [5, 5.41) is 12.5. The second kappa shape index (κ2) is 3.36. The van der Waals surface area contributed by atoms with Crippen molar-refractivity contribution in [2.45, 2.75) is 37.6 Å². The summed E-state index contributed by atoms with van der Waals surface area (Å²) in [5.74, 6) is -3.84. The molecular formula is C9H12F2N2O3. The van der Waals surface area contributed by atoms with Crippen LogP contribution in [-0.2, 0) is 4.79 Å². The van der Waals surface area contributed by atoms with E-state index >= 15 is 0 Å². The van der Waals surface area contributed by atoms with E-state index < -0.39 is 23.3 Å². The normalized spacial score (nSPS) is 30.9. The van der Waals surface area contributed by atoms with Crippen LogP contribution in [0.25, 0.3) is 0 Å². The highest BCUT2D eigenvalue weighted by molar-refractivity contribution is 5.73. The fourth-order valence-electron chi connectivity index (χ4n) is 2.80. The molecule has 5 nitrogen and oxygen atoms in total. The molecule has 16 heavy (non-hydrogen) atoms. The van der Waals surface area contributed by atoms with Crippen molar-refractivity contribution in [3.63, 3.8) is 0 Å². The third-order valence-electron chi connectivity index (χ3n) is 3.51. The van der Waals surface area contributed by atoms with Crippen LogP contribution in [0.5, 0.6) is 0 Å². The molecular weight excluding hydrogens is 222 g/mol. The van der Waals surface area contributed by atoms with Gasteiger partial charge in [0.25, 0.3) is 0 Å². The highest BCUT2D eigenvalue weighted by Crippen LogP contribution is 2.58. The first kappa shape index (κ1) is 11.2. The van der Waals surface area contributed by atoms with Crippen LogP contribution in [0.15, 0.2) is 5.29 Å². The lowest BCUT2D eigenvalue weighted by Gasteiger charge is -2.52. The first-order valence-electron chi connectivity index (χ1n) is 5.08. The number of piperidine rings is 1. The molecule has 1 unspecified atom stereocenters. The Bertz CT molecular complexity index is 327. The first-order chi connectivity index (χ1) is 7.37. The van der Waals surface area contributed by atoms with E-state index in [2.05, 4.69) is 5.29 Å². The van der Waals surface area contributed by atoms with Gasteiger partial charge in [0.1, 0.15) is 6.04 Å². The van der Waals surface area contributed by atoms with Crippen LogP contribution in [0.2, 0.25) is 0 Å². The second-order valence-corrected chi connectivity index (χ2v) is 4.76. The standard InChI is InChI=1S/C9H12F2N2O3/c10-9(11)4-8(5-9)1-2-13(12-16)6(3-8)7(14)15/h6H,1-5H2,(H,14,15). The molecule has 90 valence electrons. The topological polar surface area (TPSA) is 70.0 Å². The van der Waals surface area contributed by atoms with Crippen molar-refractivity contribution in [2.75, 3.05) is 6.54 Å². The summed E-state index contributed by atoms with van der Waals surface area (Å²) in [5.41, 5.74) is -0.603. The number of carbonyl (C=O) groups is 1. The maximum atomic E-state index is 12.8. The smallest absolute Gasteiger partial charge is 0.328 e. The molecule has 2 rings (SSSR count). The van der Waals surface area contributed by atoms with E-state index in [1.807, 2.05) is 0 Å². The summed E-state index contributed by atoms with van der Waals surface area (Å²) in [6, 6.07) is -1.05. The van der Waals surface area contributed by atoms with E-state index in [9.17, 15) is 18.5 Å². The van der Waals surface area contributed by atoms with Crippen LogP contribution in [0.1, 0.15) is 25.7 Å². The Morgan fingerprint density at radius 1 is 1.44 bits per heavy atom. The van der Waals surface area contributed by atoms with E-state index in [4.69, 9.17) is 5.11 Å². The zero-order chi connectivity index (χ0) is 12.0. The van der Waals surface area contributed by atoms with E-state index in [1.165, 1.54) is 0 Å². The Morgan fingerprint density at radius 3 is 2.50 bits per heavy atom. The molecule has 2 fully saturated rings. The third kappa shape index (κ3) is 1.74. The molecule has 0 aromatic carbocycles. The van der Waals surface area contributed by atoms with Crippen molar-refractivity contribution in [2.24, 2.45) is 10.7 Å². The number of nitroso groups, excluding NO2 is 1. The van der Waals surface area contributed by atoms with Crippen molar-refractivity contribution in [1.82, 2.24) is 5.01 Å². The number of carboxylic acid groups (broad SMARTS) is 1. The van der Waals surface area contributed by atoms with Gasteiger partial charge in [0, 0.05) is 19.4 Å². The van der Waals surface area contributed by atoms with Gasteiger partial charge < -0.3 is 5.11 Å². The summed E-state index contributed by atoms with van der Waals surface area (Å²) in [7, 11) is 0. The summed E-state index contributed by atoms with van der Waals surface area (Å²) >= 11 is 0. The van der Waals surface area contributed by atoms with Crippen molar-refractivity contribution in [1.29, 1.82) is 0 Å². The molecule has 0 amide bonds. The summed E-state index contributed by atoms with van der Waals surface area (Å²) < 4.78 is 25.7. The molecule has 0 radical (unpaired) electrons. The molecule has 1 aliphatic heterocycles. The van der Waals surface area contributed by atoms with Gasteiger partial charge in [-0.1, -0.05) is 0 Å². The summed E-state index contributed by atoms with van der Waals surface area (Å²) in [6.45, 7) is 0.149. The highest BCUT2D eigenvalue weighted by atomic mass is 19.3. The van der Waals surface area contributed by atoms with Crippen LogP contribution in [-0.4, -0.2) is 34.6 Å².